The SMILES string of the molecule is CN=C(NCc1cccnc1N1CCN(C)CC1)N1CCN(c2cccc(C)c2C)CC1.I. The Hall–Kier alpha value is -2.07. The van der Waals surface area contributed by atoms with E-state index in [0.29, 0.717) is 0 Å². The molecule has 2 aromatic rings. The Morgan fingerprint density at radius 2 is 1.64 bits per heavy atom. The highest BCUT2D eigenvalue weighted by Crippen LogP contribution is 2.24. The van der Waals surface area contributed by atoms with Crippen LogP contribution in [0.1, 0.15) is 16.7 Å². The van der Waals surface area contributed by atoms with Crippen LogP contribution < -0.4 is 15.1 Å². The number of piperazine rings is 2. The molecule has 7 nitrogen and oxygen atoms in total. The van der Waals surface area contributed by atoms with Gasteiger partial charge in [0.15, 0.2) is 5.96 Å². The minimum atomic E-state index is 0. The number of aliphatic imine (C=N–C) groups is 1. The number of hydrogen-bond donors (Lipinski definition) is 1. The van der Waals surface area contributed by atoms with Crippen molar-refractivity contribution in [3.63, 3.8) is 0 Å². The van der Waals surface area contributed by atoms with Gasteiger partial charge in [-0.25, -0.2) is 4.98 Å². The first-order chi connectivity index (χ1) is 15.6. The summed E-state index contributed by atoms with van der Waals surface area (Å²) in [7, 11) is 4.06. The summed E-state index contributed by atoms with van der Waals surface area (Å²) in [5.41, 5.74) is 5.33. The first-order valence-electron chi connectivity index (χ1n) is 11.7. The molecule has 3 heterocycles. The molecule has 0 aliphatic carbocycles. The third kappa shape index (κ3) is 6.09. The van der Waals surface area contributed by atoms with Gasteiger partial charge in [0.2, 0.25) is 0 Å². The Kier molecular flexibility index (Phi) is 9.19. The Labute approximate surface area is 215 Å². The maximum absolute atomic E-state index is 4.71. The minimum Gasteiger partial charge on any atom is -0.368 e. The van der Waals surface area contributed by atoms with E-state index in [0.717, 1.165) is 70.7 Å². The largest absolute Gasteiger partial charge is 0.368 e. The van der Waals surface area contributed by atoms with Gasteiger partial charge in [0.25, 0.3) is 0 Å². The number of aryl methyl sites for hydroxylation is 1. The smallest absolute Gasteiger partial charge is 0.194 e. The van der Waals surface area contributed by atoms with Crippen molar-refractivity contribution in [3.05, 3.63) is 53.2 Å². The summed E-state index contributed by atoms with van der Waals surface area (Å²) in [5, 5.41) is 3.60. The highest BCUT2D eigenvalue weighted by molar-refractivity contribution is 14.0. The van der Waals surface area contributed by atoms with Crippen LogP contribution >= 0.6 is 24.0 Å². The van der Waals surface area contributed by atoms with Crippen molar-refractivity contribution in [2.24, 2.45) is 4.99 Å². The van der Waals surface area contributed by atoms with Gasteiger partial charge in [0, 0.05) is 83.4 Å². The van der Waals surface area contributed by atoms with Crippen LogP contribution in [-0.4, -0.2) is 87.2 Å². The number of anilines is 2. The lowest BCUT2D eigenvalue weighted by Gasteiger charge is -2.38. The van der Waals surface area contributed by atoms with E-state index >= 15 is 0 Å². The summed E-state index contributed by atoms with van der Waals surface area (Å²) in [6.07, 6.45) is 1.90. The Morgan fingerprint density at radius 3 is 2.33 bits per heavy atom. The number of nitrogens with one attached hydrogen (secondary N) is 1. The monoisotopic (exact) mass is 563 g/mol. The molecule has 1 aromatic carbocycles. The van der Waals surface area contributed by atoms with E-state index in [2.05, 4.69) is 75.1 Å². The van der Waals surface area contributed by atoms with Gasteiger partial charge in [0.1, 0.15) is 5.82 Å². The fourth-order valence-corrected chi connectivity index (χ4v) is 4.62. The minimum absolute atomic E-state index is 0. The second kappa shape index (κ2) is 11.9. The fraction of sp³-hybridized carbons (Fsp3) is 0.520. The van der Waals surface area contributed by atoms with Crippen molar-refractivity contribution in [1.29, 1.82) is 0 Å². The molecular weight excluding hydrogens is 525 g/mol. The third-order valence-corrected chi connectivity index (χ3v) is 6.82. The molecule has 0 amide bonds. The normalized spacial score (nSPS) is 17.7. The molecule has 1 aromatic heterocycles. The molecule has 4 rings (SSSR count). The molecule has 180 valence electrons. The molecule has 0 atom stereocenters. The molecule has 0 bridgehead atoms. The highest BCUT2D eigenvalue weighted by Gasteiger charge is 2.22. The van der Waals surface area contributed by atoms with Crippen molar-refractivity contribution in [1.82, 2.24) is 20.1 Å². The number of likely N-dealkylation sites (N-methyl/N-ethyl adjacent to an activating group) is 1. The standard InChI is InChI=1S/C25H37N7.HI/c1-20-7-5-9-23(21(20)2)30-15-17-32(18-16-30)25(26-3)28-19-22-8-6-10-27-24(22)31-13-11-29(4)12-14-31;/h5-10H,11-19H2,1-4H3,(H,26,28);1H. The first kappa shape index (κ1) is 25.6. The Bertz CT molecular complexity index is 932. The molecule has 0 saturated carbocycles. The van der Waals surface area contributed by atoms with E-state index < -0.39 is 0 Å². The number of benzene rings is 1. The van der Waals surface area contributed by atoms with Crippen LogP contribution in [-0.2, 0) is 6.54 Å². The van der Waals surface area contributed by atoms with Crippen molar-refractivity contribution >= 4 is 41.4 Å². The van der Waals surface area contributed by atoms with Crippen LogP contribution in [0, 0.1) is 13.8 Å². The van der Waals surface area contributed by atoms with Crippen LogP contribution in [0.4, 0.5) is 11.5 Å². The predicted molar refractivity (Wildman–Crippen MR) is 149 cm³/mol. The summed E-state index contributed by atoms with van der Waals surface area (Å²) in [6.45, 7) is 13.3. The van der Waals surface area contributed by atoms with Gasteiger partial charge < -0.3 is 24.9 Å². The van der Waals surface area contributed by atoms with Gasteiger partial charge in [-0.3, -0.25) is 4.99 Å². The summed E-state index contributed by atoms with van der Waals surface area (Å²) < 4.78 is 0. The number of guanidine groups is 1. The lowest BCUT2D eigenvalue weighted by molar-refractivity contribution is 0.311. The Morgan fingerprint density at radius 1 is 0.939 bits per heavy atom. The first-order valence-corrected chi connectivity index (χ1v) is 11.7. The molecule has 2 aliphatic heterocycles. The molecule has 8 heteroatoms. The van der Waals surface area contributed by atoms with Crippen molar-refractivity contribution in [3.8, 4) is 0 Å². The van der Waals surface area contributed by atoms with E-state index in [1.165, 1.54) is 22.4 Å². The molecule has 0 radical (unpaired) electrons. The number of rotatable bonds is 4. The van der Waals surface area contributed by atoms with Gasteiger partial charge in [-0.1, -0.05) is 18.2 Å². The topological polar surface area (TPSA) is 50.2 Å². The van der Waals surface area contributed by atoms with Crippen LogP contribution in [0.25, 0.3) is 0 Å². The van der Waals surface area contributed by atoms with Gasteiger partial charge in [-0.15, -0.1) is 24.0 Å². The molecule has 2 saturated heterocycles. The van der Waals surface area contributed by atoms with E-state index in [1.54, 1.807) is 0 Å². The predicted octanol–water partition coefficient (Wildman–Crippen LogP) is 2.97. The third-order valence-electron chi connectivity index (χ3n) is 6.82. The van der Waals surface area contributed by atoms with Crippen molar-refractivity contribution < 1.29 is 0 Å². The second-order valence-electron chi connectivity index (χ2n) is 8.87. The van der Waals surface area contributed by atoms with Crippen LogP contribution in [0.3, 0.4) is 0 Å². The van der Waals surface area contributed by atoms with Gasteiger partial charge >= 0.3 is 0 Å². The number of aromatic nitrogens is 1. The van der Waals surface area contributed by atoms with Gasteiger partial charge in [0.05, 0.1) is 0 Å². The highest BCUT2D eigenvalue weighted by atomic mass is 127. The summed E-state index contributed by atoms with van der Waals surface area (Å²) in [5.74, 6) is 2.07. The molecule has 1 N–H and O–H groups in total. The maximum atomic E-state index is 4.71. The zero-order valence-corrected chi connectivity index (χ0v) is 22.7. The molecule has 33 heavy (non-hydrogen) atoms. The van der Waals surface area contributed by atoms with Crippen molar-refractivity contribution in [2.45, 2.75) is 20.4 Å². The lowest BCUT2D eigenvalue weighted by Crippen LogP contribution is -2.52. The van der Waals surface area contributed by atoms with Crippen LogP contribution in [0.2, 0.25) is 0 Å². The van der Waals surface area contributed by atoms with E-state index in [1.807, 2.05) is 19.3 Å². The van der Waals surface area contributed by atoms with Crippen LogP contribution in [0.5, 0.6) is 0 Å². The summed E-state index contributed by atoms with van der Waals surface area (Å²) >= 11 is 0. The van der Waals surface area contributed by atoms with Crippen molar-refractivity contribution in [2.75, 3.05) is 76.3 Å². The average molecular weight is 564 g/mol. The molecule has 0 unspecified atom stereocenters. The lowest BCUT2D eigenvalue weighted by atomic mass is 10.1. The van der Waals surface area contributed by atoms with E-state index in [4.69, 9.17) is 4.98 Å². The molecule has 2 fully saturated rings. The summed E-state index contributed by atoms with van der Waals surface area (Å²) in [6, 6.07) is 10.8. The number of halogens is 1. The van der Waals surface area contributed by atoms with Gasteiger partial charge in [-0.05, 0) is 44.2 Å². The van der Waals surface area contributed by atoms with Crippen LogP contribution in [0.15, 0.2) is 41.5 Å². The molecular formula is C25H38IN7. The molecule has 0 spiro atoms. The summed E-state index contributed by atoms with van der Waals surface area (Å²) in [4.78, 5) is 18.9. The quantitative estimate of drug-likeness (QED) is 0.351. The maximum Gasteiger partial charge on any atom is 0.194 e. The zero-order chi connectivity index (χ0) is 22.5. The van der Waals surface area contributed by atoms with E-state index in [-0.39, 0.29) is 24.0 Å². The average Bonchev–Trinajstić information content (AvgIpc) is 2.83. The number of hydrogen-bond acceptors (Lipinski definition) is 5. The van der Waals surface area contributed by atoms with E-state index in [9.17, 15) is 0 Å². The second-order valence-corrected chi connectivity index (χ2v) is 8.87. The fourth-order valence-electron chi connectivity index (χ4n) is 4.62. The number of nitrogens with zero attached hydrogens (tertiary/aromatic N) is 6. The molecule has 2 aliphatic rings. The number of pyridine rings is 1. The zero-order valence-electron chi connectivity index (χ0n) is 20.4. The van der Waals surface area contributed by atoms with Gasteiger partial charge in [-0.2, -0.15) is 0 Å². The Balaban J connectivity index is 0.00000306.